The maximum atomic E-state index is 4.76. The van der Waals surface area contributed by atoms with Crippen LogP contribution >= 0.6 is 0 Å². The van der Waals surface area contributed by atoms with Gasteiger partial charge in [0.25, 0.3) is 0 Å². The number of rotatable bonds is 0. The first-order valence-electron chi connectivity index (χ1n) is 3.09. The van der Waals surface area contributed by atoms with Crippen LogP contribution in [0, 0.1) is 0 Å². The maximum Gasteiger partial charge on any atom is 0.180 e. The van der Waals surface area contributed by atoms with Crippen molar-refractivity contribution < 1.29 is 9.15 Å². The van der Waals surface area contributed by atoms with Gasteiger partial charge in [-0.2, -0.15) is 0 Å². The molecule has 54 valence electrons. The topological polar surface area (TPSA) is 35.3 Å². The van der Waals surface area contributed by atoms with Crippen molar-refractivity contribution in [1.82, 2.24) is 4.98 Å². The molecular formula is C7H9NO2. The molecule has 0 amide bonds. The summed E-state index contributed by atoms with van der Waals surface area (Å²) in [5.74, 6) is 0. The van der Waals surface area contributed by atoms with Crippen molar-refractivity contribution in [3.8, 4) is 0 Å². The van der Waals surface area contributed by atoms with Gasteiger partial charge in [-0.3, -0.25) is 0 Å². The van der Waals surface area contributed by atoms with Gasteiger partial charge in [0.1, 0.15) is 6.26 Å². The Bertz CT molecular complexity index is 147. The number of oxazole rings is 1. The van der Waals surface area contributed by atoms with Crippen molar-refractivity contribution in [2.45, 2.75) is 6.42 Å². The molecule has 2 rings (SSSR count). The molecule has 3 heteroatoms. The summed E-state index contributed by atoms with van der Waals surface area (Å²) >= 11 is 0. The van der Waals surface area contributed by atoms with E-state index in [1.807, 2.05) is 6.08 Å². The van der Waals surface area contributed by atoms with Crippen LogP contribution in [0.4, 0.5) is 0 Å². The van der Waals surface area contributed by atoms with Crippen LogP contribution in [0.1, 0.15) is 6.42 Å². The summed E-state index contributed by atoms with van der Waals surface area (Å²) < 4.78 is 9.24. The van der Waals surface area contributed by atoms with E-state index in [0.29, 0.717) is 0 Å². The second kappa shape index (κ2) is 4.61. The van der Waals surface area contributed by atoms with Crippen molar-refractivity contribution in [2.75, 3.05) is 6.61 Å². The second-order valence-electron chi connectivity index (χ2n) is 1.71. The molecule has 0 aliphatic carbocycles. The number of hydrogen-bond acceptors (Lipinski definition) is 3. The fourth-order valence-electron chi connectivity index (χ4n) is 0.516. The Labute approximate surface area is 59.3 Å². The number of nitrogens with zero attached hydrogens (tertiary/aromatic N) is 1. The van der Waals surface area contributed by atoms with Gasteiger partial charge < -0.3 is 9.15 Å². The molecule has 1 aliphatic heterocycles. The molecule has 0 saturated carbocycles. The SMILES string of the molecule is C1=COCC1.c1cocn1. The first kappa shape index (κ1) is 6.86. The predicted octanol–water partition coefficient (Wildman–Crippen LogP) is 1.59. The summed E-state index contributed by atoms with van der Waals surface area (Å²) in [6.07, 6.45) is 9.32. The summed E-state index contributed by atoms with van der Waals surface area (Å²) in [4.78, 5) is 3.56. The lowest BCUT2D eigenvalue weighted by Crippen LogP contribution is -1.70. The summed E-state index contributed by atoms with van der Waals surface area (Å²) in [7, 11) is 0. The highest BCUT2D eigenvalue weighted by Crippen LogP contribution is 1.93. The van der Waals surface area contributed by atoms with Crippen LogP contribution in [0.2, 0.25) is 0 Å². The smallest absolute Gasteiger partial charge is 0.180 e. The fourth-order valence-corrected chi connectivity index (χ4v) is 0.516. The molecule has 0 radical (unpaired) electrons. The Morgan fingerprint density at radius 3 is 2.60 bits per heavy atom. The Hall–Kier alpha value is -1.25. The summed E-state index contributed by atoms with van der Waals surface area (Å²) in [5, 5.41) is 0. The lowest BCUT2D eigenvalue weighted by Gasteiger charge is -1.79. The quantitative estimate of drug-likeness (QED) is 0.547. The van der Waals surface area contributed by atoms with Gasteiger partial charge in [0.15, 0.2) is 6.39 Å². The molecule has 0 spiro atoms. The summed E-state index contributed by atoms with van der Waals surface area (Å²) in [5.41, 5.74) is 0. The van der Waals surface area contributed by atoms with E-state index in [9.17, 15) is 0 Å². The Kier molecular flexibility index (Phi) is 3.17. The Morgan fingerprint density at radius 2 is 2.40 bits per heavy atom. The second-order valence-corrected chi connectivity index (χ2v) is 1.71. The van der Waals surface area contributed by atoms with Gasteiger partial charge in [-0.15, -0.1) is 0 Å². The lowest BCUT2D eigenvalue weighted by atomic mass is 10.5. The van der Waals surface area contributed by atoms with Crippen molar-refractivity contribution in [1.29, 1.82) is 0 Å². The van der Waals surface area contributed by atoms with Crippen molar-refractivity contribution in [3.05, 3.63) is 31.2 Å². The number of aromatic nitrogens is 1. The molecule has 0 saturated heterocycles. The first-order valence-corrected chi connectivity index (χ1v) is 3.09. The molecule has 10 heavy (non-hydrogen) atoms. The van der Waals surface area contributed by atoms with Gasteiger partial charge in [-0.05, 0) is 6.08 Å². The highest BCUT2D eigenvalue weighted by molar-refractivity contribution is 4.78. The van der Waals surface area contributed by atoms with Crippen LogP contribution in [-0.4, -0.2) is 11.6 Å². The molecule has 1 aliphatic rings. The molecule has 1 aromatic rings. The van der Waals surface area contributed by atoms with Crippen LogP contribution in [0.3, 0.4) is 0 Å². The van der Waals surface area contributed by atoms with Crippen LogP contribution < -0.4 is 0 Å². The van der Waals surface area contributed by atoms with E-state index in [2.05, 4.69) is 9.40 Å². The zero-order valence-electron chi connectivity index (χ0n) is 5.56. The van der Waals surface area contributed by atoms with E-state index in [-0.39, 0.29) is 0 Å². The lowest BCUT2D eigenvalue weighted by molar-refractivity contribution is 0.281. The van der Waals surface area contributed by atoms with Gasteiger partial charge in [0.2, 0.25) is 0 Å². The minimum absolute atomic E-state index is 0.889. The van der Waals surface area contributed by atoms with E-state index >= 15 is 0 Å². The molecular weight excluding hydrogens is 130 g/mol. The Morgan fingerprint density at radius 1 is 1.40 bits per heavy atom. The highest BCUT2D eigenvalue weighted by atomic mass is 16.5. The standard InChI is InChI=1S/C4H6O.C3H3NO/c1-2-4-5-3-1;1-2-5-3-4-1/h1,3H,2,4H2;1-3H. The van der Waals surface area contributed by atoms with Crippen LogP contribution in [0.5, 0.6) is 0 Å². The summed E-state index contributed by atoms with van der Waals surface area (Å²) in [6, 6.07) is 0. The van der Waals surface area contributed by atoms with Gasteiger partial charge in [0, 0.05) is 6.42 Å². The molecule has 0 aromatic carbocycles. The zero-order valence-corrected chi connectivity index (χ0v) is 5.56. The van der Waals surface area contributed by atoms with E-state index in [0.717, 1.165) is 13.0 Å². The summed E-state index contributed by atoms with van der Waals surface area (Å²) in [6.45, 7) is 0.889. The van der Waals surface area contributed by atoms with Crippen LogP contribution in [0.15, 0.2) is 35.6 Å². The number of ether oxygens (including phenoxy) is 1. The molecule has 0 bridgehead atoms. The third kappa shape index (κ3) is 2.91. The van der Waals surface area contributed by atoms with E-state index in [4.69, 9.17) is 4.74 Å². The third-order valence-electron chi connectivity index (χ3n) is 0.942. The van der Waals surface area contributed by atoms with Gasteiger partial charge in [-0.1, -0.05) is 0 Å². The third-order valence-corrected chi connectivity index (χ3v) is 0.942. The predicted molar refractivity (Wildman–Crippen MR) is 36.2 cm³/mol. The van der Waals surface area contributed by atoms with E-state index < -0.39 is 0 Å². The molecule has 3 nitrogen and oxygen atoms in total. The van der Waals surface area contributed by atoms with Crippen molar-refractivity contribution in [3.63, 3.8) is 0 Å². The maximum absolute atomic E-state index is 4.76. The minimum atomic E-state index is 0.889. The van der Waals surface area contributed by atoms with E-state index in [1.165, 1.54) is 12.7 Å². The zero-order chi connectivity index (χ0) is 7.07. The van der Waals surface area contributed by atoms with Crippen molar-refractivity contribution >= 4 is 0 Å². The molecule has 0 atom stereocenters. The average Bonchev–Trinajstić information content (AvgIpc) is 2.67. The Balaban J connectivity index is 0.0000001000. The van der Waals surface area contributed by atoms with Gasteiger partial charge in [0.05, 0.1) is 19.1 Å². The molecule has 0 N–H and O–H groups in total. The molecule has 1 aromatic heterocycles. The molecule has 2 heterocycles. The molecule has 0 fully saturated rings. The monoisotopic (exact) mass is 139 g/mol. The van der Waals surface area contributed by atoms with Gasteiger partial charge >= 0.3 is 0 Å². The average molecular weight is 139 g/mol. The first-order chi connectivity index (χ1) is 5.00. The van der Waals surface area contributed by atoms with Gasteiger partial charge in [-0.25, -0.2) is 4.98 Å². The minimum Gasteiger partial charge on any atom is -0.501 e. The van der Waals surface area contributed by atoms with Crippen molar-refractivity contribution in [2.24, 2.45) is 0 Å². The number of hydrogen-bond donors (Lipinski definition) is 0. The fraction of sp³-hybridized carbons (Fsp3) is 0.286. The molecule has 0 unspecified atom stereocenters. The van der Waals surface area contributed by atoms with Crippen LogP contribution in [-0.2, 0) is 4.74 Å². The highest BCUT2D eigenvalue weighted by Gasteiger charge is 1.83. The normalized spacial score (nSPS) is 13.6. The largest absolute Gasteiger partial charge is 0.501 e. The van der Waals surface area contributed by atoms with Crippen LogP contribution in [0.25, 0.3) is 0 Å². The van der Waals surface area contributed by atoms with E-state index in [1.54, 1.807) is 12.5 Å².